The molecule has 1 atom stereocenters. The number of rotatable bonds is 3. The Morgan fingerprint density at radius 3 is 2.95 bits per heavy atom. The minimum absolute atomic E-state index is 0.443. The van der Waals surface area contributed by atoms with Gasteiger partial charge in [0.15, 0.2) is 0 Å². The number of nitrogens with two attached hydrogens (primary N) is 1. The summed E-state index contributed by atoms with van der Waals surface area (Å²) in [6.45, 7) is 0.654. The van der Waals surface area contributed by atoms with Crippen LogP contribution >= 0.6 is 11.6 Å². The molecule has 0 aromatic heterocycles. The third-order valence-corrected chi connectivity index (χ3v) is 4.14. The molecule has 0 bridgehead atoms. The third kappa shape index (κ3) is 2.75. The topological polar surface area (TPSA) is 35.2 Å². The predicted molar refractivity (Wildman–Crippen MR) is 83.5 cm³/mol. The van der Waals surface area contributed by atoms with Crippen molar-refractivity contribution in [1.82, 2.24) is 0 Å². The number of benzene rings is 2. The van der Waals surface area contributed by atoms with Gasteiger partial charge in [-0.3, -0.25) is 0 Å². The summed E-state index contributed by atoms with van der Waals surface area (Å²) in [7, 11) is 0. The molecule has 2 nitrogen and oxygen atoms in total. The van der Waals surface area contributed by atoms with Crippen molar-refractivity contribution in [2.45, 2.75) is 25.2 Å². The van der Waals surface area contributed by atoms with Gasteiger partial charge in [-0.25, -0.2) is 0 Å². The van der Waals surface area contributed by atoms with Crippen molar-refractivity contribution in [3.8, 4) is 5.75 Å². The molecule has 0 spiro atoms. The third-order valence-electron chi connectivity index (χ3n) is 3.91. The van der Waals surface area contributed by atoms with E-state index in [0.717, 1.165) is 6.42 Å². The van der Waals surface area contributed by atoms with Gasteiger partial charge in [-0.05, 0) is 42.5 Å². The van der Waals surface area contributed by atoms with Gasteiger partial charge in [0, 0.05) is 17.0 Å². The Morgan fingerprint density at radius 2 is 2.05 bits per heavy atom. The van der Waals surface area contributed by atoms with E-state index in [1.54, 1.807) is 18.2 Å². The molecule has 0 aliphatic heterocycles. The average Bonchev–Trinajstić information content (AvgIpc) is 2.48. The molecule has 0 radical (unpaired) electrons. The summed E-state index contributed by atoms with van der Waals surface area (Å²) in [5.41, 5.74) is 9.42. The lowest BCUT2D eigenvalue weighted by Crippen LogP contribution is -2.17. The quantitative estimate of drug-likeness (QED) is 0.848. The molecule has 2 N–H and O–H groups in total. The van der Waals surface area contributed by atoms with Crippen molar-refractivity contribution in [2.24, 2.45) is 0 Å². The first-order valence-corrected chi connectivity index (χ1v) is 7.37. The molecule has 2 aromatic carbocycles. The monoisotopic (exact) mass is 287 g/mol. The van der Waals surface area contributed by atoms with E-state index < -0.39 is 0 Å². The Labute approximate surface area is 124 Å². The second-order valence-corrected chi connectivity index (χ2v) is 5.72. The first-order valence-electron chi connectivity index (χ1n) is 6.99. The number of anilines is 1. The van der Waals surface area contributed by atoms with E-state index in [1.165, 1.54) is 24.0 Å². The smallest absolute Gasteiger partial charge is 0.143 e. The van der Waals surface area contributed by atoms with E-state index in [1.807, 2.05) is 0 Å². The number of hydrogen-bond acceptors (Lipinski definition) is 2. The maximum absolute atomic E-state index is 5.98. The number of aryl methyl sites for hydroxylation is 1. The molecular formula is C17H18ClNO. The predicted octanol–water partition coefficient (Wildman–Crippen LogP) is 4.42. The second kappa shape index (κ2) is 5.76. The molecule has 0 saturated carbocycles. The van der Waals surface area contributed by atoms with E-state index in [-0.39, 0.29) is 0 Å². The van der Waals surface area contributed by atoms with Crippen LogP contribution in [0.2, 0.25) is 5.02 Å². The summed E-state index contributed by atoms with van der Waals surface area (Å²) in [5, 5.41) is 0.651. The summed E-state index contributed by atoms with van der Waals surface area (Å²) >= 11 is 5.98. The molecule has 0 saturated heterocycles. The Balaban J connectivity index is 1.75. The summed E-state index contributed by atoms with van der Waals surface area (Å²) in [4.78, 5) is 0. The van der Waals surface area contributed by atoms with E-state index in [4.69, 9.17) is 22.1 Å². The zero-order valence-corrected chi connectivity index (χ0v) is 12.1. The van der Waals surface area contributed by atoms with Crippen LogP contribution in [0.1, 0.15) is 29.9 Å². The highest BCUT2D eigenvalue weighted by Gasteiger charge is 2.20. The summed E-state index contributed by atoms with van der Waals surface area (Å²) in [6, 6.07) is 14.0. The molecule has 1 unspecified atom stereocenters. The molecule has 2 aromatic rings. The number of ether oxygens (including phenoxy) is 1. The SMILES string of the molecule is Nc1ccc(Cl)cc1OCC1CCCc2ccccc21. The average molecular weight is 288 g/mol. The van der Waals surface area contributed by atoms with Crippen molar-refractivity contribution >= 4 is 17.3 Å². The van der Waals surface area contributed by atoms with Gasteiger partial charge < -0.3 is 10.5 Å². The fraction of sp³-hybridized carbons (Fsp3) is 0.294. The molecular weight excluding hydrogens is 270 g/mol. The molecule has 1 aliphatic rings. The zero-order chi connectivity index (χ0) is 13.9. The highest BCUT2D eigenvalue weighted by atomic mass is 35.5. The van der Waals surface area contributed by atoms with Crippen molar-refractivity contribution < 1.29 is 4.74 Å². The van der Waals surface area contributed by atoms with Crippen molar-refractivity contribution in [2.75, 3.05) is 12.3 Å². The van der Waals surface area contributed by atoms with Crippen LogP contribution in [-0.2, 0) is 6.42 Å². The summed E-state index contributed by atoms with van der Waals surface area (Å²) < 4.78 is 5.90. The summed E-state index contributed by atoms with van der Waals surface area (Å²) in [5.74, 6) is 1.12. The van der Waals surface area contributed by atoms with Gasteiger partial charge in [0.1, 0.15) is 5.75 Å². The molecule has 3 rings (SSSR count). The first kappa shape index (κ1) is 13.3. The van der Waals surface area contributed by atoms with Gasteiger partial charge in [0.2, 0.25) is 0 Å². The van der Waals surface area contributed by atoms with Crippen LogP contribution in [0, 0.1) is 0 Å². The normalized spacial score (nSPS) is 17.6. The van der Waals surface area contributed by atoms with Crippen LogP contribution in [0.4, 0.5) is 5.69 Å². The van der Waals surface area contributed by atoms with Crippen LogP contribution in [0.5, 0.6) is 5.75 Å². The van der Waals surface area contributed by atoms with Crippen LogP contribution in [0.25, 0.3) is 0 Å². The van der Waals surface area contributed by atoms with Gasteiger partial charge in [0.05, 0.1) is 12.3 Å². The minimum Gasteiger partial charge on any atom is -0.491 e. The Kier molecular flexibility index (Phi) is 3.83. The second-order valence-electron chi connectivity index (χ2n) is 5.28. The minimum atomic E-state index is 0.443. The number of fused-ring (bicyclic) bond motifs is 1. The Hall–Kier alpha value is -1.67. The first-order chi connectivity index (χ1) is 9.74. The lowest BCUT2D eigenvalue weighted by Gasteiger charge is -2.25. The van der Waals surface area contributed by atoms with E-state index in [2.05, 4.69) is 24.3 Å². The molecule has 3 heteroatoms. The van der Waals surface area contributed by atoms with Gasteiger partial charge >= 0.3 is 0 Å². The molecule has 0 heterocycles. The fourth-order valence-electron chi connectivity index (χ4n) is 2.85. The number of nitrogen functional groups attached to an aromatic ring is 1. The standard InChI is InChI=1S/C17H18ClNO/c18-14-8-9-16(19)17(10-14)20-11-13-6-3-5-12-4-1-2-7-15(12)13/h1-2,4,7-10,13H,3,5-6,11,19H2. The largest absolute Gasteiger partial charge is 0.491 e. The van der Waals surface area contributed by atoms with Crippen LogP contribution < -0.4 is 10.5 Å². The van der Waals surface area contributed by atoms with E-state index in [0.29, 0.717) is 29.0 Å². The van der Waals surface area contributed by atoms with E-state index >= 15 is 0 Å². The molecule has 104 valence electrons. The van der Waals surface area contributed by atoms with Crippen LogP contribution in [-0.4, -0.2) is 6.61 Å². The van der Waals surface area contributed by atoms with Crippen molar-refractivity contribution in [3.63, 3.8) is 0 Å². The lowest BCUT2D eigenvalue weighted by atomic mass is 9.83. The van der Waals surface area contributed by atoms with Gasteiger partial charge in [-0.15, -0.1) is 0 Å². The highest BCUT2D eigenvalue weighted by molar-refractivity contribution is 6.30. The van der Waals surface area contributed by atoms with Gasteiger partial charge in [0.25, 0.3) is 0 Å². The summed E-state index contributed by atoms with van der Waals surface area (Å²) in [6.07, 6.45) is 3.56. The molecule has 0 amide bonds. The van der Waals surface area contributed by atoms with Crippen molar-refractivity contribution in [3.05, 3.63) is 58.6 Å². The molecule has 20 heavy (non-hydrogen) atoms. The van der Waals surface area contributed by atoms with Gasteiger partial charge in [-0.2, -0.15) is 0 Å². The van der Waals surface area contributed by atoms with Crippen molar-refractivity contribution in [1.29, 1.82) is 0 Å². The number of halogens is 1. The lowest BCUT2D eigenvalue weighted by molar-refractivity contribution is 0.276. The van der Waals surface area contributed by atoms with Gasteiger partial charge in [-0.1, -0.05) is 35.9 Å². The zero-order valence-electron chi connectivity index (χ0n) is 11.3. The highest BCUT2D eigenvalue weighted by Crippen LogP contribution is 2.33. The molecule has 1 aliphatic carbocycles. The molecule has 0 fully saturated rings. The van der Waals surface area contributed by atoms with E-state index in [9.17, 15) is 0 Å². The fourth-order valence-corrected chi connectivity index (χ4v) is 3.01. The van der Waals surface area contributed by atoms with Crippen LogP contribution in [0.15, 0.2) is 42.5 Å². The maximum atomic E-state index is 5.98. The number of hydrogen-bond donors (Lipinski definition) is 1. The maximum Gasteiger partial charge on any atom is 0.143 e. The Morgan fingerprint density at radius 1 is 1.20 bits per heavy atom. The van der Waals surface area contributed by atoms with Crippen LogP contribution in [0.3, 0.4) is 0 Å². The Bertz CT molecular complexity index is 612.